The third kappa shape index (κ3) is 4.75. The van der Waals surface area contributed by atoms with Crippen LogP contribution in [0.15, 0.2) is 6.07 Å². The van der Waals surface area contributed by atoms with Crippen molar-refractivity contribution in [1.82, 2.24) is 9.97 Å². The third-order valence-electron chi connectivity index (χ3n) is 1.60. The Labute approximate surface area is 98.5 Å². The summed E-state index contributed by atoms with van der Waals surface area (Å²) in [5.41, 5.74) is 0.724. The van der Waals surface area contributed by atoms with Crippen molar-refractivity contribution < 1.29 is 9.47 Å². The smallest absolute Gasteiger partial charge is 0.145 e. The number of aromatic nitrogens is 2. The molecule has 15 heavy (non-hydrogen) atoms. The lowest BCUT2D eigenvalue weighted by Crippen LogP contribution is -2.04. The van der Waals surface area contributed by atoms with Crippen LogP contribution in [0.3, 0.4) is 0 Å². The molecule has 0 unspecified atom stereocenters. The summed E-state index contributed by atoms with van der Waals surface area (Å²) in [5, 5.41) is 0.381. The zero-order valence-corrected chi connectivity index (χ0v) is 9.88. The van der Waals surface area contributed by atoms with Gasteiger partial charge in [-0.3, -0.25) is 0 Å². The van der Waals surface area contributed by atoms with Gasteiger partial charge in [-0.25, -0.2) is 9.97 Å². The molecule has 1 heterocycles. The van der Waals surface area contributed by atoms with Crippen LogP contribution < -0.4 is 0 Å². The van der Waals surface area contributed by atoms with Crippen molar-refractivity contribution in [2.24, 2.45) is 0 Å². The lowest BCUT2D eigenvalue weighted by molar-refractivity contribution is 0.0601. The SMILES string of the molecule is COCCOCc1cc(Cl)nc(CCl)n1. The van der Waals surface area contributed by atoms with E-state index in [1.54, 1.807) is 13.2 Å². The van der Waals surface area contributed by atoms with Gasteiger partial charge in [-0.2, -0.15) is 0 Å². The summed E-state index contributed by atoms with van der Waals surface area (Å²) in [6.45, 7) is 1.46. The van der Waals surface area contributed by atoms with E-state index in [9.17, 15) is 0 Å². The molecule has 4 nitrogen and oxygen atoms in total. The van der Waals surface area contributed by atoms with Gasteiger partial charge < -0.3 is 9.47 Å². The number of hydrogen-bond acceptors (Lipinski definition) is 4. The quantitative estimate of drug-likeness (QED) is 0.441. The third-order valence-corrected chi connectivity index (χ3v) is 2.03. The van der Waals surface area contributed by atoms with Crippen molar-refractivity contribution >= 4 is 23.2 Å². The van der Waals surface area contributed by atoms with Crippen LogP contribution in [0.25, 0.3) is 0 Å². The lowest BCUT2D eigenvalue weighted by atomic mass is 10.4. The molecule has 0 aliphatic carbocycles. The first-order valence-electron chi connectivity index (χ1n) is 4.41. The number of halogens is 2. The number of ether oxygens (including phenoxy) is 2. The first-order valence-corrected chi connectivity index (χ1v) is 5.32. The molecule has 1 aromatic rings. The summed E-state index contributed by atoms with van der Waals surface area (Å²) in [4.78, 5) is 8.10. The Balaban J connectivity index is 2.49. The van der Waals surface area contributed by atoms with Gasteiger partial charge in [0.2, 0.25) is 0 Å². The van der Waals surface area contributed by atoms with Gasteiger partial charge in [0.05, 0.1) is 31.4 Å². The van der Waals surface area contributed by atoms with E-state index in [0.29, 0.717) is 30.8 Å². The van der Waals surface area contributed by atoms with E-state index in [-0.39, 0.29) is 5.88 Å². The fourth-order valence-electron chi connectivity index (χ4n) is 0.969. The van der Waals surface area contributed by atoms with E-state index in [2.05, 4.69) is 9.97 Å². The van der Waals surface area contributed by atoms with Crippen LogP contribution in [0.4, 0.5) is 0 Å². The van der Waals surface area contributed by atoms with Gasteiger partial charge in [-0.05, 0) is 6.07 Å². The monoisotopic (exact) mass is 250 g/mol. The highest BCUT2D eigenvalue weighted by atomic mass is 35.5. The first-order chi connectivity index (χ1) is 7.26. The summed E-state index contributed by atoms with van der Waals surface area (Å²) in [6.07, 6.45) is 0. The van der Waals surface area contributed by atoms with Crippen molar-refractivity contribution in [2.45, 2.75) is 12.5 Å². The molecule has 0 N–H and O–H groups in total. The van der Waals surface area contributed by atoms with Crippen molar-refractivity contribution in [3.05, 3.63) is 22.7 Å². The molecule has 0 bridgehead atoms. The van der Waals surface area contributed by atoms with Gasteiger partial charge in [0.15, 0.2) is 0 Å². The molecule has 0 aromatic carbocycles. The van der Waals surface area contributed by atoms with Crippen molar-refractivity contribution in [1.29, 1.82) is 0 Å². The second-order valence-electron chi connectivity index (χ2n) is 2.78. The minimum Gasteiger partial charge on any atom is -0.382 e. The zero-order valence-electron chi connectivity index (χ0n) is 8.37. The molecular weight excluding hydrogens is 239 g/mol. The van der Waals surface area contributed by atoms with E-state index < -0.39 is 0 Å². The van der Waals surface area contributed by atoms with Gasteiger partial charge in [-0.15, -0.1) is 11.6 Å². The van der Waals surface area contributed by atoms with Gasteiger partial charge >= 0.3 is 0 Å². The average molecular weight is 251 g/mol. The van der Waals surface area contributed by atoms with Crippen LogP contribution in [0.2, 0.25) is 5.15 Å². The predicted octanol–water partition coefficient (Wildman–Crippen LogP) is 2.03. The second-order valence-corrected chi connectivity index (χ2v) is 3.43. The van der Waals surface area contributed by atoms with Crippen molar-refractivity contribution in [3.63, 3.8) is 0 Å². The van der Waals surface area contributed by atoms with Crippen LogP contribution in [0, 0.1) is 0 Å². The first kappa shape index (κ1) is 12.6. The molecule has 6 heteroatoms. The Morgan fingerprint density at radius 1 is 1.33 bits per heavy atom. The highest BCUT2D eigenvalue weighted by Gasteiger charge is 2.02. The summed E-state index contributed by atoms with van der Waals surface area (Å²) in [6, 6.07) is 1.66. The van der Waals surface area contributed by atoms with Gasteiger partial charge in [0.25, 0.3) is 0 Å². The van der Waals surface area contributed by atoms with E-state index >= 15 is 0 Å². The molecule has 84 valence electrons. The van der Waals surface area contributed by atoms with Crippen molar-refractivity contribution in [2.75, 3.05) is 20.3 Å². The van der Waals surface area contributed by atoms with E-state index in [0.717, 1.165) is 5.69 Å². The van der Waals surface area contributed by atoms with Crippen LogP contribution >= 0.6 is 23.2 Å². The highest BCUT2D eigenvalue weighted by molar-refractivity contribution is 6.29. The maximum Gasteiger partial charge on any atom is 0.145 e. The topological polar surface area (TPSA) is 44.2 Å². The van der Waals surface area contributed by atoms with Crippen LogP contribution in [0.1, 0.15) is 11.5 Å². The lowest BCUT2D eigenvalue weighted by Gasteiger charge is -2.04. The van der Waals surface area contributed by atoms with E-state index in [1.165, 1.54) is 0 Å². The highest BCUT2D eigenvalue weighted by Crippen LogP contribution is 2.09. The summed E-state index contributed by atoms with van der Waals surface area (Å²) >= 11 is 11.4. The Bertz CT molecular complexity index is 310. The molecule has 0 aliphatic heterocycles. The molecule has 0 spiro atoms. The minimum atomic E-state index is 0.242. The van der Waals surface area contributed by atoms with Crippen LogP contribution in [-0.4, -0.2) is 30.3 Å². The summed E-state index contributed by atoms with van der Waals surface area (Å²) in [5.74, 6) is 0.751. The summed E-state index contributed by atoms with van der Waals surface area (Å²) < 4.78 is 10.1. The zero-order chi connectivity index (χ0) is 11.1. The summed E-state index contributed by atoms with van der Waals surface area (Å²) in [7, 11) is 1.62. The molecule has 0 amide bonds. The Kier molecular flexibility index (Phi) is 5.86. The number of nitrogens with zero attached hydrogens (tertiary/aromatic N) is 2. The second kappa shape index (κ2) is 6.95. The number of methoxy groups -OCH3 is 1. The predicted molar refractivity (Wildman–Crippen MR) is 58.1 cm³/mol. The van der Waals surface area contributed by atoms with Crippen LogP contribution in [0.5, 0.6) is 0 Å². The standard InChI is InChI=1S/C9H12Cl2N2O2/c1-14-2-3-15-6-7-4-8(11)13-9(5-10)12-7/h4H,2-3,5-6H2,1H3. The molecule has 0 saturated carbocycles. The van der Waals surface area contributed by atoms with Gasteiger partial charge in [0.1, 0.15) is 11.0 Å². The fraction of sp³-hybridized carbons (Fsp3) is 0.556. The van der Waals surface area contributed by atoms with Gasteiger partial charge in [-0.1, -0.05) is 11.6 Å². The Morgan fingerprint density at radius 3 is 2.80 bits per heavy atom. The van der Waals surface area contributed by atoms with E-state index in [4.69, 9.17) is 32.7 Å². The number of hydrogen-bond donors (Lipinski definition) is 0. The minimum absolute atomic E-state index is 0.242. The van der Waals surface area contributed by atoms with Gasteiger partial charge in [0, 0.05) is 7.11 Å². The number of rotatable bonds is 6. The van der Waals surface area contributed by atoms with E-state index in [1.807, 2.05) is 0 Å². The molecule has 0 aliphatic rings. The van der Waals surface area contributed by atoms with Crippen molar-refractivity contribution in [3.8, 4) is 0 Å². The largest absolute Gasteiger partial charge is 0.382 e. The molecule has 1 rings (SSSR count). The van der Waals surface area contributed by atoms with Crippen LogP contribution in [-0.2, 0) is 22.0 Å². The molecule has 0 saturated heterocycles. The molecular formula is C9H12Cl2N2O2. The maximum atomic E-state index is 5.78. The average Bonchev–Trinajstić information content (AvgIpc) is 2.23. The maximum absolute atomic E-state index is 5.78. The Morgan fingerprint density at radius 2 is 2.13 bits per heavy atom. The molecule has 0 fully saturated rings. The number of alkyl halides is 1. The molecule has 1 aromatic heterocycles. The Hall–Kier alpha value is -0.420. The molecule has 0 radical (unpaired) electrons. The molecule has 0 atom stereocenters. The normalized spacial score (nSPS) is 10.6. The fourth-order valence-corrected chi connectivity index (χ4v) is 1.31.